The minimum absolute atomic E-state index is 0.192. The third kappa shape index (κ3) is 5.45. The quantitative estimate of drug-likeness (QED) is 0.766. The Balaban J connectivity index is 1.52. The van der Waals surface area contributed by atoms with Crippen molar-refractivity contribution in [3.63, 3.8) is 0 Å². The van der Waals surface area contributed by atoms with Crippen molar-refractivity contribution in [1.82, 2.24) is 5.32 Å². The summed E-state index contributed by atoms with van der Waals surface area (Å²) in [5.41, 5.74) is 2.45. The van der Waals surface area contributed by atoms with Crippen molar-refractivity contribution in [1.29, 1.82) is 0 Å². The second-order valence-corrected chi connectivity index (χ2v) is 6.75. The van der Waals surface area contributed by atoms with E-state index >= 15 is 0 Å². The molecule has 1 aromatic heterocycles. The van der Waals surface area contributed by atoms with Gasteiger partial charge in [-0.15, -0.1) is 0 Å². The Morgan fingerprint density at radius 1 is 1.04 bits per heavy atom. The highest BCUT2D eigenvalue weighted by molar-refractivity contribution is 7.98. The van der Waals surface area contributed by atoms with Crippen LogP contribution in [-0.2, 0) is 23.6 Å². The standard InChI is InChI=1S/C18H22F2N2O2S/c19-18(20)25-13-16-6-5-15(24-16)12-21-11-14-3-1-2-4-17(14)22-7-9-23-10-8-22/h1-6,18,21H,7-13H2. The largest absolute Gasteiger partial charge is 0.464 e. The lowest BCUT2D eigenvalue weighted by molar-refractivity contribution is 0.122. The molecule has 4 nitrogen and oxygen atoms in total. The van der Waals surface area contributed by atoms with Gasteiger partial charge in [0.05, 0.1) is 25.5 Å². The molecule has 1 fully saturated rings. The van der Waals surface area contributed by atoms with Crippen LogP contribution in [0.3, 0.4) is 0 Å². The molecule has 25 heavy (non-hydrogen) atoms. The van der Waals surface area contributed by atoms with Gasteiger partial charge in [0.25, 0.3) is 5.76 Å². The summed E-state index contributed by atoms with van der Waals surface area (Å²) in [7, 11) is 0. The van der Waals surface area contributed by atoms with Crippen molar-refractivity contribution in [2.75, 3.05) is 31.2 Å². The minimum Gasteiger partial charge on any atom is -0.464 e. The normalized spacial score (nSPS) is 15.1. The Morgan fingerprint density at radius 3 is 2.60 bits per heavy atom. The highest BCUT2D eigenvalue weighted by Crippen LogP contribution is 2.23. The Hall–Kier alpha value is -1.57. The van der Waals surface area contributed by atoms with Crippen molar-refractivity contribution in [2.24, 2.45) is 0 Å². The van der Waals surface area contributed by atoms with E-state index in [1.54, 1.807) is 6.07 Å². The second-order valence-electron chi connectivity index (χ2n) is 5.77. The molecule has 1 aliphatic heterocycles. The molecule has 136 valence electrons. The molecule has 0 bridgehead atoms. The minimum atomic E-state index is -2.37. The summed E-state index contributed by atoms with van der Waals surface area (Å²) >= 11 is 0.573. The number of hydrogen-bond donors (Lipinski definition) is 1. The molecule has 2 heterocycles. The number of morpholine rings is 1. The number of anilines is 1. The number of nitrogens with one attached hydrogen (secondary N) is 1. The predicted molar refractivity (Wildman–Crippen MR) is 96.0 cm³/mol. The maximum absolute atomic E-state index is 12.2. The first-order valence-electron chi connectivity index (χ1n) is 8.31. The summed E-state index contributed by atoms with van der Waals surface area (Å²) < 4.78 is 35.4. The van der Waals surface area contributed by atoms with Crippen molar-refractivity contribution >= 4 is 17.4 Å². The van der Waals surface area contributed by atoms with Crippen molar-refractivity contribution < 1.29 is 17.9 Å². The molecular weight excluding hydrogens is 346 g/mol. The average molecular weight is 368 g/mol. The van der Waals surface area contributed by atoms with E-state index in [0.29, 0.717) is 24.1 Å². The molecule has 1 N–H and O–H groups in total. The van der Waals surface area contributed by atoms with Crippen LogP contribution in [-0.4, -0.2) is 32.1 Å². The first kappa shape index (κ1) is 18.2. The fraction of sp³-hybridized carbons (Fsp3) is 0.444. The summed E-state index contributed by atoms with van der Waals surface area (Å²) in [6.45, 7) is 4.61. The average Bonchev–Trinajstić information content (AvgIpc) is 3.09. The molecule has 0 amide bonds. The van der Waals surface area contributed by atoms with Gasteiger partial charge in [-0.3, -0.25) is 0 Å². The summed E-state index contributed by atoms with van der Waals surface area (Å²) in [6.07, 6.45) is 0. The lowest BCUT2D eigenvalue weighted by atomic mass is 10.1. The van der Waals surface area contributed by atoms with E-state index in [-0.39, 0.29) is 5.75 Å². The Bertz CT molecular complexity index is 660. The van der Waals surface area contributed by atoms with Gasteiger partial charge in [-0.25, -0.2) is 0 Å². The first-order valence-corrected chi connectivity index (χ1v) is 9.36. The highest BCUT2D eigenvalue weighted by atomic mass is 32.2. The van der Waals surface area contributed by atoms with Gasteiger partial charge in [0.2, 0.25) is 0 Å². The van der Waals surface area contributed by atoms with Gasteiger partial charge in [0.1, 0.15) is 11.5 Å². The van der Waals surface area contributed by atoms with Gasteiger partial charge < -0.3 is 19.4 Å². The van der Waals surface area contributed by atoms with Crippen molar-refractivity contribution in [3.05, 3.63) is 53.5 Å². The number of ether oxygens (including phenoxy) is 1. The summed E-state index contributed by atoms with van der Waals surface area (Å²) in [4.78, 5) is 2.34. The van der Waals surface area contributed by atoms with Crippen LogP contribution in [0.5, 0.6) is 0 Å². The van der Waals surface area contributed by atoms with Gasteiger partial charge in [-0.1, -0.05) is 30.0 Å². The molecule has 3 rings (SSSR count). The van der Waals surface area contributed by atoms with Crippen LogP contribution in [0.1, 0.15) is 17.1 Å². The number of nitrogens with zero attached hydrogens (tertiary/aromatic N) is 1. The van der Waals surface area contributed by atoms with Gasteiger partial charge in [0.15, 0.2) is 0 Å². The summed E-state index contributed by atoms with van der Waals surface area (Å²) in [6, 6.07) is 11.9. The van der Waals surface area contributed by atoms with Crippen LogP contribution in [0.4, 0.5) is 14.5 Å². The van der Waals surface area contributed by atoms with E-state index < -0.39 is 5.76 Å². The van der Waals surface area contributed by atoms with E-state index in [1.165, 1.54) is 11.3 Å². The molecule has 7 heteroatoms. The zero-order valence-electron chi connectivity index (χ0n) is 13.9. The third-order valence-corrected chi connectivity index (χ3v) is 4.73. The molecule has 0 aliphatic carbocycles. The molecular formula is C18H22F2N2O2S. The maximum atomic E-state index is 12.2. The molecule has 0 spiro atoms. The predicted octanol–water partition coefficient (Wildman–Crippen LogP) is 3.86. The Morgan fingerprint density at radius 2 is 1.80 bits per heavy atom. The fourth-order valence-electron chi connectivity index (χ4n) is 2.83. The van der Waals surface area contributed by atoms with E-state index in [4.69, 9.17) is 9.15 Å². The number of benzene rings is 1. The number of thioether (sulfide) groups is 1. The van der Waals surface area contributed by atoms with E-state index in [0.717, 1.165) is 38.6 Å². The lowest BCUT2D eigenvalue weighted by Crippen LogP contribution is -2.37. The Labute approximate surface area is 150 Å². The van der Waals surface area contributed by atoms with Crippen LogP contribution >= 0.6 is 11.8 Å². The van der Waals surface area contributed by atoms with Gasteiger partial charge >= 0.3 is 0 Å². The molecule has 0 saturated carbocycles. The van der Waals surface area contributed by atoms with Crippen molar-refractivity contribution in [3.8, 4) is 0 Å². The molecule has 0 radical (unpaired) electrons. The number of rotatable bonds is 8. The zero-order valence-corrected chi connectivity index (χ0v) is 14.7. The summed E-state index contributed by atoms with van der Waals surface area (Å²) in [5, 5.41) is 3.37. The Kier molecular flexibility index (Phi) is 6.72. The topological polar surface area (TPSA) is 37.6 Å². The van der Waals surface area contributed by atoms with Crippen LogP contribution < -0.4 is 10.2 Å². The van der Waals surface area contributed by atoms with Gasteiger partial charge in [-0.2, -0.15) is 8.78 Å². The summed E-state index contributed by atoms with van der Waals surface area (Å²) in [5.74, 6) is -0.842. The number of hydrogen-bond acceptors (Lipinski definition) is 5. The van der Waals surface area contributed by atoms with Crippen LogP contribution in [0.15, 0.2) is 40.8 Å². The molecule has 2 aromatic rings. The van der Waals surface area contributed by atoms with Gasteiger partial charge in [0, 0.05) is 25.3 Å². The van der Waals surface area contributed by atoms with E-state index in [1.807, 2.05) is 18.2 Å². The van der Waals surface area contributed by atoms with Crippen molar-refractivity contribution in [2.45, 2.75) is 24.6 Å². The SMILES string of the molecule is FC(F)SCc1ccc(CNCc2ccccc2N2CCOCC2)o1. The van der Waals surface area contributed by atoms with E-state index in [9.17, 15) is 8.78 Å². The number of furan rings is 1. The monoisotopic (exact) mass is 368 g/mol. The fourth-order valence-corrected chi connectivity index (χ4v) is 3.28. The highest BCUT2D eigenvalue weighted by Gasteiger charge is 2.14. The maximum Gasteiger partial charge on any atom is 0.284 e. The molecule has 0 unspecified atom stereocenters. The number of halogens is 2. The second kappa shape index (κ2) is 9.22. The third-order valence-electron chi connectivity index (χ3n) is 4.03. The molecule has 1 aromatic carbocycles. The molecule has 1 saturated heterocycles. The van der Waals surface area contributed by atoms with Crippen LogP contribution in [0.2, 0.25) is 0 Å². The first-order chi connectivity index (χ1) is 12.2. The number of para-hydroxylation sites is 1. The molecule has 0 atom stereocenters. The zero-order chi connectivity index (χ0) is 17.5. The van der Waals surface area contributed by atoms with Crippen LogP contribution in [0, 0.1) is 0 Å². The van der Waals surface area contributed by atoms with Gasteiger partial charge in [-0.05, 0) is 23.8 Å². The van der Waals surface area contributed by atoms with Crippen LogP contribution in [0.25, 0.3) is 0 Å². The lowest BCUT2D eigenvalue weighted by Gasteiger charge is -2.30. The molecule has 1 aliphatic rings. The van der Waals surface area contributed by atoms with E-state index in [2.05, 4.69) is 22.3 Å². The number of alkyl halides is 2. The smallest absolute Gasteiger partial charge is 0.284 e.